The first-order valence-electron chi connectivity index (χ1n) is 8.18. The molecular weight excluding hydrogens is 376 g/mol. The molecule has 0 aliphatic carbocycles. The van der Waals surface area contributed by atoms with Gasteiger partial charge < -0.3 is 10.6 Å². The van der Waals surface area contributed by atoms with Gasteiger partial charge in [-0.15, -0.1) is 0 Å². The first-order chi connectivity index (χ1) is 12.0. The van der Waals surface area contributed by atoms with Crippen molar-refractivity contribution in [1.82, 2.24) is 9.97 Å². The monoisotopic (exact) mass is 396 g/mol. The number of hydrogen-bond acceptors (Lipinski definition) is 4. The minimum atomic E-state index is 0.618. The Morgan fingerprint density at radius 3 is 2.48 bits per heavy atom. The molecule has 0 saturated heterocycles. The molecule has 0 bridgehead atoms. The molecule has 1 aromatic heterocycles. The van der Waals surface area contributed by atoms with E-state index < -0.39 is 0 Å². The Kier molecular flexibility index (Phi) is 5.34. The van der Waals surface area contributed by atoms with Crippen molar-refractivity contribution in [2.24, 2.45) is 0 Å². The lowest BCUT2D eigenvalue weighted by Gasteiger charge is -2.12. The number of rotatable bonds is 5. The minimum Gasteiger partial charge on any atom is -0.350 e. The highest BCUT2D eigenvalue weighted by Crippen LogP contribution is 2.26. The summed E-state index contributed by atoms with van der Waals surface area (Å²) in [6, 6.07) is 16.5. The molecule has 128 valence electrons. The third-order valence-corrected chi connectivity index (χ3v) is 4.43. The molecule has 0 fully saturated rings. The molecule has 2 N–H and O–H groups in total. The molecule has 2 aromatic carbocycles. The maximum atomic E-state index is 4.58. The van der Waals surface area contributed by atoms with Gasteiger partial charge in [-0.05, 0) is 60.0 Å². The van der Waals surface area contributed by atoms with Gasteiger partial charge in [0.1, 0.15) is 5.82 Å². The second kappa shape index (κ2) is 7.66. The van der Waals surface area contributed by atoms with Crippen LogP contribution < -0.4 is 10.6 Å². The Labute approximate surface area is 156 Å². The normalized spacial score (nSPS) is 10.6. The quantitative estimate of drug-likeness (QED) is 0.595. The van der Waals surface area contributed by atoms with E-state index in [4.69, 9.17) is 0 Å². The Morgan fingerprint density at radius 1 is 0.920 bits per heavy atom. The van der Waals surface area contributed by atoms with Crippen LogP contribution in [0, 0.1) is 20.8 Å². The summed E-state index contributed by atoms with van der Waals surface area (Å²) in [6.45, 7) is 6.82. The fraction of sp³-hybridized carbons (Fsp3) is 0.200. The number of hydrogen-bond donors (Lipinski definition) is 2. The van der Waals surface area contributed by atoms with Gasteiger partial charge in [0.05, 0.1) is 5.69 Å². The number of aryl methyl sites for hydroxylation is 3. The zero-order valence-corrected chi connectivity index (χ0v) is 16.2. The van der Waals surface area contributed by atoms with Crippen LogP contribution in [-0.4, -0.2) is 9.97 Å². The van der Waals surface area contributed by atoms with Gasteiger partial charge in [0.15, 0.2) is 0 Å². The van der Waals surface area contributed by atoms with E-state index in [-0.39, 0.29) is 0 Å². The molecule has 0 aliphatic heterocycles. The molecule has 0 spiro atoms. The molecule has 0 saturated carbocycles. The van der Waals surface area contributed by atoms with Gasteiger partial charge in [-0.3, -0.25) is 0 Å². The summed E-state index contributed by atoms with van der Waals surface area (Å²) in [5, 5.41) is 6.65. The van der Waals surface area contributed by atoms with Crippen molar-refractivity contribution < 1.29 is 0 Å². The number of anilines is 3. The Hall–Kier alpha value is -2.40. The fourth-order valence-electron chi connectivity index (χ4n) is 2.57. The fourth-order valence-corrected chi connectivity index (χ4v) is 3.17. The van der Waals surface area contributed by atoms with Gasteiger partial charge in [0, 0.05) is 22.8 Å². The zero-order valence-electron chi connectivity index (χ0n) is 14.6. The summed E-state index contributed by atoms with van der Waals surface area (Å²) in [5.41, 5.74) is 5.55. The summed E-state index contributed by atoms with van der Waals surface area (Å²) in [5.74, 6) is 1.39. The van der Waals surface area contributed by atoms with Crippen LogP contribution in [0.4, 0.5) is 17.5 Å². The second-order valence-electron chi connectivity index (χ2n) is 6.17. The first-order valence-corrected chi connectivity index (χ1v) is 8.97. The van der Waals surface area contributed by atoms with Gasteiger partial charge in [-0.25, -0.2) is 4.98 Å². The van der Waals surface area contributed by atoms with E-state index in [2.05, 4.69) is 86.8 Å². The van der Waals surface area contributed by atoms with E-state index in [9.17, 15) is 0 Å². The SMILES string of the molecule is Cc1cccc(CNc2nc(C)cc(Nc3ccc(C)cc3Br)n2)c1. The summed E-state index contributed by atoms with van der Waals surface area (Å²) >= 11 is 3.59. The van der Waals surface area contributed by atoms with Crippen molar-refractivity contribution in [3.05, 3.63) is 75.4 Å². The summed E-state index contributed by atoms with van der Waals surface area (Å²) in [6.07, 6.45) is 0. The van der Waals surface area contributed by atoms with E-state index in [0.717, 1.165) is 21.7 Å². The van der Waals surface area contributed by atoms with Crippen molar-refractivity contribution in [2.75, 3.05) is 10.6 Å². The molecule has 5 heteroatoms. The minimum absolute atomic E-state index is 0.618. The van der Waals surface area contributed by atoms with Crippen LogP contribution in [0.5, 0.6) is 0 Å². The molecule has 0 radical (unpaired) electrons. The Morgan fingerprint density at radius 2 is 1.72 bits per heavy atom. The number of benzene rings is 2. The molecule has 0 aliphatic rings. The molecular formula is C20H21BrN4. The second-order valence-corrected chi connectivity index (χ2v) is 7.02. The Bertz CT molecular complexity index is 893. The molecule has 0 atom stereocenters. The maximum Gasteiger partial charge on any atom is 0.225 e. The molecule has 4 nitrogen and oxygen atoms in total. The lowest BCUT2D eigenvalue weighted by molar-refractivity contribution is 1.03. The number of halogens is 1. The van der Waals surface area contributed by atoms with Crippen molar-refractivity contribution in [1.29, 1.82) is 0 Å². The lowest BCUT2D eigenvalue weighted by atomic mass is 10.1. The smallest absolute Gasteiger partial charge is 0.225 e. The molecule has 3 aromatic rings. The molecule has 0 unspecified atom stereocenters. The van der Waals surface area contributed by atoms with Gasteiger partial charge in [0.25, 0.3) is 0 Å². The van der Waals surface area contributed by atoms with E-state index in [0.29, 0.717) is 12.5 Å². The number of aromatic nitrogens is 2. The largest absolute Gasteiger partial charge is 0.350 e. The third-order valence-electron chi connectivity index (χ3n) is 3.77. The van der Waals surface area contributed by atoms with Crippen LogP contribution in [0.1, 0.15) is 22.4 Å². The van der Waals surface area contributed by atoms with Gasteiger partial charge >= 0.3 is 0 Å². The van der Waals surface area contributed by atoms with E-state index in [1.165, 1.54) is 16.7 Å². The average molecular weight is 397 g/mol. The first kappa shape index (κ1) is 17.4. The van der Waals surface area contributed by atoms with Crippen LogP contribution in [0.3, 0.4) is 0 Å². The topological polar surface area (TPSA) is 49.8 Å². The van der Waals surface area contributed by atoms with Crippen LogP contribution >= 0.6 is 15.9 Å². The van der Waals surface area contributed by atoms with Crippen molar-refractivity contribution in [2.45, 2.75) is 27.3 Å². The highest BCUT2D eigenvalue weighted by molar-refractivity contribution is 9.10. The van der Waals surface area contributed by atoms with Crippen molar-refractivity contribution >= 4 is 33.4 Å². The van der Waals surface area contributed by atoms with Gasteiger partial charge in [0.2, 0.25) is 5.95 Å². The molecule has 25 heavy (non-hydrogen) atoms. The number of nitrogens with one attached hydrogen (secondary N) is 2. The van der Waals surface area contributed by atoms with E-state index >= 15 is 0 Å². The van der Waals surface area contributed by atoms with Crippen LogP contribution in [0.2, 0.25) is 0 Å². The summed E-state index contributed by atoms with van der Waals surface area (Å²) in [4.78, 5) is 9.05. The highest BCUT2D eigenvalue weighted by atomic mass is 79.9. The molecule has 1 heterocycles. The lowest BCUT2D eigenvalue weighted by Crippen LogP contribution is -2.06. The van der Waals surface area contributed by atoms with Crippen LogP contribution in [0.15, 0.2) is 53.0 Å². The zero-order chi connectivity index (χ0) is 17.8. The molecule has 0 amide bonds. The third kappa shape index (κ3) is 4.79. The predicted octanol–water partition coefficient (Wildman–Crippen LogP) is 5.52. The van der Waals surface area contributed by atoms with Crippen LogP contribution in [-0.2, 0) is 6.54 Å². The van der Waals surface area contributed by atoms with Gasteiger partial charge in [-0.2, -0.15) is 4.98 Å². The summed E-state index contributed by atoms with van der Waals surface area (Å²) in [7, 11) is 0. The number of nitrogens with zero attached hydrogens (tertiary/aromatic N) is 2. The predicted molar refractivity (Wildman–Crippen MR) is 107 cm³/mol. The van der Waals surface area contributed by atoms with Crippen molar-refractivity contribution in [3.63, 3.8) is 0 Å². The molecule has 3 rings (SSSR count). The summed E-state index contributed by atoms with van der Waals surface area (Å²) < 4.78 is 1.01. The standard InChI is InChI=1S/C20H21BrN4/c1-13-5-4-6-16(9-13)12-22-20-23-15(3)11-19(25-20)24-18-8-7-14(2)10-17(18)21/h4-11H,12H2,1-3H3,(H2,22,23,24,25). The Balaban J connectivity index is 1.76. The van der Waals surface area contributed by atoms with Crippen LogP contribution in [0.25, 0.3) is 0 Å². The van der Waals surface area contributed by atoms with E-state index in [1.807, 2.05) is 19.1 Å². The highest BCUT2D eigenvalue weighted by Gasteiger charge is 2.05. The van der Waals surface area contributed by atoms with E-state index in [1.54, 1.807) is 0 Å². The van der Waals surface area contributed by atoms with Crippen molar-refractivity contribution in [3.8, 4) is 0 Å². The average Bonchev–Trinajstić information content (AvgIpc) is 2.55. The van der Waals surface area contributed by atoms with Gasteiger partial charge in [-0.1, -0.05) is 35.9 Å². The maximum absolute atomic E-state index is 4.58.